The van der Waals surface area contributed by atoms with Gasteiger partial charge in [0.1, 0.15) is 0 Å². The van der Waals surface area contributed by atoms with E-state index < -0.39 is 0 Å². The van der Waals surface area contributed by atoms with Gasteiger partial charge in [0, 0.05) is 5.92 Å². The van der Waals surface area contributed by atoms with Gasteiger partial charge in [-0.05, 0) is 17.9 Å². The summed E-state index contributed by atoms with van der Waals surface area (Å²) in [5.74, 6) is 0.792. The number of rotatable bonds is 3. The van der Waals surface area contributed by atoms with Crippen molar-refractivity contribution in [2.24, 2.45) is 11.8 Å². The highest BCUT2D eigenvalue weighted by Gasteiger charge is 2.37. The van der Waals surface area contributed by atoms with E-state index in [0.717, 1.165) is 12.0 Å². The first-order chi connectivity index (χ1) is 6.36. The number of hydrogen-bond donors (Lipinski definition) is 1. The maximum absolute atomic E-state index is 9.17. The molecule has 0 radical (unpaired) electrons. The Morgan fingerprint density at radius 1 is 1.46 bits per heavy atom. The van der Waals surface area contributed by atoms with E-state index in [1.165, 1.54) is 0 Å². The highest BCUT2D eigenvalue weighted by Crippen LogP contribution is 2.39. The van der Waals surface area contributed by atoms with Crippen molar-refractivity contribution in [2.75, 3.05) is 19.8 Å². The van der Waals surface area contributed by atoms with Gasteiger partial charge in [-0.1, -0.05) is 13.0 Å². The summed E-state index contributed by atoms with van der Waals surface area (Å²) in [6, 6.07) is 0. The highest BCUT2D eigenvalue weighted by molar-refractivity contribution is 5.25. The molecule has 3 heteroatoms. The lowest BCUT2D eigenvalue weighted by Gasteiger charge is -2.36. The predicted molar refractivity (Wildman–Crippen MR) is 48.1 cm³/mol. The van der Waals surface area contributed by atoms with Gasteiger partial charge < -0.3 is 14.6 Å². The zero-order chi connectivity index (χ0) is 9.26. The number of aliphatic hydroxyl groups is 1. The molecule has 0 aromatic carbocycles. The normalized spacial score (nSPS) is 34.5. The fourth-order valence-corrected chi connectivity index (χ4v) is 2.06. The van der Waals surface area contributed by atoms with Crippen molar-refractivity contribution in [3.8, 4) is 0 Å². The van der Waals surface area contributed by atoms with Crippen LogP contribution in [-0.4, -0.2) is 31.2 Å². The maximum atomic E-state index is 9.17. The van der Waals surface area contributed by atoms with Crippen molar-refractivity contribution < 1.29 is 14.6 Å². The Morgan fingerprint density at radius 3 is 2.69 bits per heavy atom. The zero-order valence-corrected chi connectivity index (χ0v) is 7.90. The molecule has 0 unspecified atom stereocenters. The second-order valence-electron chi connectivity index (χ2n) is 3.60. The van der Waals surface area contributed by atoms with Crippen LogP contribution in [0.4, 0.5) is 0 Å². The summed E-state index contributed by atoms with van der Waals surface area (Å²) in [6.45, 7) is 3.71. The molecule has 1 aliphatic carbocycles. The molecule has 1 heterocycles. The van der Waals surface area contributed by atoms with Crippen molar-refractivity contribution in [3.63, 3.8) is 0 Å². The van der Waals surface area contributed by atoms with Crippen LogP contribution in [-0.2, 0) is 9.47 Å². The Labute approximate surface area is 78.3 Å². The number of ether oxygens (including phenoxy) is 2. The van der Waals surface area contributed by atoms with Crippen LogP contribution < -0.4 is 0 Å². The summed E-state index contributed by atoms with van der Waals surface area (Å²) in [6.07, 6.45) is 3.10. The Hall–Kier alpha value is -0.380. The van der Waals surface area contributed by atoms with Crippen molar-refractivity contribution in [1.82, 2.24) is 0 Å². The lowest BCUT2D eigenvalue weighted by Crippen LogP contribution is -2.34. The van der Waals surface area contributed by atoms with Crippen LogP contribution in [0.2, 0.25) is 0 Å². The van der Waals surface area contributed by atoms with Gasteiger partial charge in [0.25, 0.3) is 0 Å². The molecular weight excluding hydrogens is 168 g/mol. The van der Waals surface area contributed by atoms with Crippen LogP contribution in [0, 0.1) is 11.8 Å². The van der Waals surface area contributed by atoms with E-state index >= 15 is 0 Å². The van der Waals surface area contributed by atoms with Gasteiger partial charge in [-0.25, -0.2) is 0 Å². The average Bonchev–Trinajstić information content (AvgIpc) is 2.57. The van der Waals surface area contributed by atoms with E-state index in [-0.39, 0.29) is 18.8 Å². The molecule has 13 heavy (non-hydrogen) atoms. The van der Waals surface area contributed by atoms with Crippen LogP contribution in [0.1, 0.15) is 13.3 Å². The molecule has 0 bridgehead atoms. The summed E-state index contributed by atoms with van der Waals surface area (Å²) >= 11 is 0. The van der Waals surface area contributed by atoms with Crippen molar-refractivity contribution in [1.29, 1.82) is 0 Å². The summed E-state index contributed by atoms with van der Waals surface area (Å²) in [5, 5.41) is 9.17. The topological polar surface area (TPSA) is 38.7 Å². The minimum atomic E-state index is -0.167. The molecule has 2 aliphatic rings. The molecule has 1 saturated heterocycles. The van der Waals surface area contributed by atoms with E-state index in [0.29, 0.717) is 19.1 Å². The van der Waals surface area contributed by atoms with E-state index in [1.807, 2.05) is 0 Å². The first-order valence-corrected chi connectivity index (χ1v) is 4.92. The molecule has 0 aromatic rings. The first kappa shape index (κ1) is 9.19. The smallest absolute Gasteiger partial charge is 0.180 e. The Morgan fingerprint density at radius 2 is 2.15 bits per heavy atom. The van der Waals surface area contributed by atoms with Gasteiger partial charge in [0.15, 0.2) is 6.29 Å². The van der Waals surface area contributed by atoms with Crippen LogP contribution >= 0.6 is 0 Å². The molecule has 2 atom stereocenters. The monoisotopic (exact) mass is 184 g/mol. The largest absolute Gasteiger partial charge is 0.396 e. The maximum Gasteiger partial charge on any atom is 0.180 e. The van der Waals surface area contributed by atoms with Gasteiger partial charge in [-0.2, -0.15) is 0 Å². The third-order valence-corrected chi connectivity index (χ3v) is 2.91. The first-order valence-electron chi connectivity index (χ1n) is 4.92. The van der Waals surface area contributed by atoms with Crippen molar-refractivity contribution in [3.05, 3.63) is 11.6 Å². The summed E-state index contributed by atoms with van der Waals surface area (Å²) in [7, 11) is 0. The van der Waals surface area contributed by atoms with E-state index in [1.54, 1.807) is 0 Å². The molecule has 0 spiro atoms. The number of allylic oxidation sites excluding steroid dienone is 1. The second-order valence-corrected chi connectivity index (χ2v) is 3.60. The van der Waals surface area contributed by atoms with Crippen LogP contribution in [0.5, 0.6) is 0 Å². The van der Waals surface area contributed by atoms with E-state index in [9.17, 15) is 0 Å². The number of aliphatic hydroxyl groups excluding tert-OH is 1. The average molecular weight is 184 g/mol. The van der Waals surface area contributed by atoms with E-state index in [2.05, 4.69) is 13.0 Å². The summed E-state index contributed by atoms with van der Waals surface area (Å²) in [5.41, 5.74) is 1.15. The van der Waals surface area contributed by atoms with Crippen molar-refractivity contribution >= 4 is 0 Å². The molecule has 74 valence electrons. The summed E-state index contributed by atoms with van der Waals surface area (Å²) < 4.78 is 10.8. The Bertz CT molecular complexity index is 206. The molecule has 2 rings (SSSR count). The fraction of sp³-hybridized carbons (Fsp3) is 0.800. The van der Waals surface area contributed by atoms with Gasteiger partial charge in [-0.15, -0.1) is 0 Å². The zero-order valence-electron chi connectivity index (χ0n) is 7.90. The quantitative estimate of drug-likeness (QED) is 0.663. The number of hydrogen-bond acceptors (Lipinski definition) is 3. The third-order valence-electron chi connectivity index (χ3n) is 2.91. The molecule has 3 nitrogen and oxygen atoms in total. The molecule has 0 amide bonds. The molecule has 1 fully saturated rings. The molecule has 1 N–H and O–H groups in total. The van der Waals surface area contributed by atoms with E-state index in [4.69, 9.17) is 14.6 Å². The molecular formula is C10H16O3. The lowest BCUT2D eigenvalue weighted by atomic mass is 9.73. The van der Waals surface area contributed by atoms with Crippen molar-refractivity contribution in [2.45, 2.75) is 19.6 Å². The second kappa shape index (κ2) is 3.78. The fourth-order valence-electron chi connectivity index (χ4n) is 2.06. The van der Waals surface area contributed by atoms with Crippen LogP contribution in [0.25, 0.3) is 0 Å². The van der Waals surface area contributed by atoms with Gasteiger partial charge in [0.05, 0.1) is 19.8 Å². The molecule has 0 saturated carbocycles. The van der Waals surface area contributed by atoms with Gasteiger partial charge in [0.2, 0.25) is 0 Å². The lowest BCUT2D eigenvalue weighted by molar-refractivity contribution is -0.0311. The van der Waals surface area contributed by atoms with Gasteiger partial charge >= 0.3 is 0 Å². The van der Waals surface area contributed by atoms with Crippen LogP contribution in [0.3, 0.4) is 0 Å². The predicted octanol–water partition coefficient (Wildman–Crippen LogP) is 0.934. The highest BCUT2D eigenvalue weighted by atomic mass is 16.7. The standard InChI is InChI=1S/C10H16O3/c1-2-7-5-8(9(7)6-11)10-12-3-4-13-10/h5,7,9-11H,2-4,6H2,1H3/t7-,9+/m0/s1. The summed E-state index contributed by atoms with van der Waals surface area (Å²) in [4.78, 5) is 0. The SMILES string of the molecule is CC[C@H]1C=C(C2OCCO2)[C@@H]1CO. The minimum absolute atomic E-state index is 0.167. The molecule has 1 aliphatic heterocycles. The Balaban J connectivity index is 1.99. The van der Waals surface area contributed by atoms with Crippen LogP contribution in [0.15, 0.2) is 11.6 Å². The Kier molecular flexibility index (Phi) is 2.67. The van der Waals surface area contributed by atoms with Gasteiger partial charge in [-0.3, -0.25) is 0 Å². The third kappa shape index (κ3) is 1.52. The minimum Gasteiger partial charge on any atom is -0.396 e. The molecule has 0 aromatic heterocycles.